The lowest BCUT2D eigenvalue weighted by Crippen LogP contribution is -2.49. The Morgan fingerprint density at radius 2 is 1.83 bits per heavy atom. The van der Waals surface area contributed by atoms with Gasteiger partial charge in [0.05, 0.1) is 11.6 Å². The number of nitrogens with one attached hydrogen (secondary N) is 1. The van der Waals surface area contributed by atoms with Crippen LogP contribution in [-0.4, -0.2) is 28.5 Å². The van der Waals surface area contributed by atoms with Crippen LogP contribution in [0.4, 0.5) is 0 Å². The van der Waals surface area contributed by atoms with Gasteiger partial charge in [0.2, 0.25) is 5.12 Å². The standard InChI is InChI=1S/C18H27NO3S/c1-6-12-23-17(21)18(4,5)19-15(16(20)22-13(2)3)14-10-8-7-9-11-14/h7-11,13,15,19H,6,12H2,1-5H3. The van der Waals surface area contributed by atoms with Crippen molar-refractivity contribution in [2.75, 3.05) is 5.75 Å². The van der Waals surface area contributed by atoms with Gasteiger partial charge in [-0.15, -0.1) is 0 Å². The molecule has 128 valence electrons. The van der Waals surface area contributed by atoms with E-state index in [4.69, 9.17) is 4.74 Å². The molecule has 0 saturated heterocycles. The zero-order chi connectivity index (χ0) is 17.5. The number of hydrogen-bond acceptors (Lipinski definition) is 5. The Hall–Kier alpha value is -1.33. The lowest BCUT2D eigenvalue weighted by Gasteiger charge is -2.30. The highest BCUT2D eigenvalue weighted by molar-refractivity contribution is 8.13. The summed E-state index contributed by atoms with van der Waals surface area (Å²) < 4.78 is 5.35. The number of carbonyl (C=O) groups is 2. The predicted molar refractivity (Wildman–Crippen MR) is 95.4 cm³/mol. The van der Waals surface area contributed by atoms with E-state index in [9.17, 15) is 9.59 Å². The molecule has 0 bridgehead atoms. The maximum atomic E-state index is 12.5. The van der Waals surface area contributed by atoms with Crippen LogP contribution in [0.1, 0.15) is 52.6 Å². The molecule has 0 fully saturated rings. The molecular weight excluding hydrogens is 310 g/mol. The van der Waals surface area contributed by atoms with Crippen molar-refractivity contribution in [2.45, 2.75) is 58.7 Å². The molecule has 0 aliphatic heterocycles. The highest BCUT2D eigenvalue weighted by Crippen LogP contribution is 2.23. The van der Waals surface area contributed by atoms with E-state index in [0.717, 1.165) is 17.7 Å². The van der Waals surface area contributed by atoms with Crippen molar-refractivity contribution in [3.8, 4) is 0 Å². The van der Waals surface area contributed by atoms with Crippen LogP contribution in [0.2, 0.25) is 0 Å². The maximum absolute atomic E-state index is 12.5. The topological polar surface area (TPSA) is 55.4 Å². The number of carbonyl (C=O) groups excluding carboxylic acids is 2. The smallest absolute Gasteiger partial charge is 0.328 e. The summed E-state index contributed by atoms with van der Waals surface area (Å²) in [5.74, 6) is 0.406. The second-order valence-electron chi connectivity index (χ2n) is 6.23. The molecule has 0 spiro atoms. The molecule has 0 radical (unpaired) electrons. The van der Waals surface area contributed by atoms with E-state index in [-0.39, 0.29) is 17.2 Å². The lowest BCUT2D eigenvalue weighted by molar-refractivity contribution is -0.150. The minimum absolute atomic E-state index is 0.0256. The van der Waals surface area contributed by atoms with Crippen LogP contribution in [0.5, 0.6) is 0 Å². The molecule has 1 rings (SSSR count). The second kappa shape index (κ2) is 9.08. The van der Waals surface area contributed by atoms with Gasteiger partial charge in [0.1, 0.15) is 6.04 Å². The SMILES string of the molecule is CCCSC(=O)C(C)(C)NC(C(=O)OC(C)C)c1ccccc1. The first kappa shape index (κ1) is 19.7. The Morgan fingerprint density at radius 3 is 2.35 bits per heavy atom. The quantitative estimate of drug-likeness (QED) is 0.733. The number of rotatable bonds is 8. The van der Waals surface area contributed by atoms with Crippen LogP contribution in [0.3, 0.4) is 0 Å². The molecule has 0 aliphatic carbocycles. The van der Waals surface area contributed by atoms with Gasteiger partial charge in [0.15, 0.2) is 0 Å². The Morgan fingerprint density at radius 1 is 1.22 bits per heavy atom. The van der Waals surface area contributed by atoms with Crippen molar-refractivity contribution >= 4 is 22.8 Å². The Kier molecular flexibility index (Phi) is 7.79. The molecule has 0 aromatic heterocycles. The van der Waals surface area contributed by atoms with E-state index < -0.39 is 11.6 Å². The van der Waals surface area contributed by atoms with E-state index in [1.165, 1.54) is 11.8 Å². The van der Waals surface area contributed by atoms with Crippen LogP contribution < -0.4 is 5.32 Å². The minimum Gasteiger partial charge on any atom is -0.462 e. The number of esters is 1. The monoisotopic (exact) mass is 337 g/mol. The lowest BCUT2D eigenvalue weighted by atomic mass is 10.0. The summed E-state index contributed by atoms with van der Waals surface area (Å²) in [6.45, 7) is 9.27. The average Bonchev–Trinajstić information content (AvgIpc) is 2.50. The zero-order valence-electron chi connectivity index (χ0n) is 14.6. The van der Waals surface area contributed by atoms with Crippen molar-refractivity contribution < 1.29 is 14.3 Å². The molecule has 1 N–H and O–H groups in total. The van der Waals surface area contributed by atoms with Crippen molar-refractivity contribution in [3.63, 3.8) is 0 Å². The second-order valence-corrected chi connectivity index (χ2v) is 7.30. The third kappa shape index (κ3) is 6.36. The number of thioether (sulfide) groups is 1. The van der Waals surface area contributed by atoms with Crippen LogP contribution in [0.15, 0.2) is 30.3 Å². The third-order valence-electron chi connectivity index (χ3n) is 3.17. The van der Waals surface area contributed by atoms with Gasteiger partial charge >= 0.3 is 5.97 Å². The molecule has 0 amide bonds. The normalized spacial score (nSPS) is 13.0. The molecule has 23 heavy (non-hydrogen) atoms. The van der Waals surface area contributed by atoms with E-state index in [1.807, 2.05) is 51.1 Å². The highest BCUT2D eigenvalue weighted by Gasteiger charge is 2.34. The molecule has 1 atom stereocenters. The fourth-order valence-corrected chi connectivity index (χ4v) is 2.83. The molecule has 0 heterocycles. The van der Waals surface area contributed by atoms with E-state index in [2.05, 4.69) is 5.32 Å². The molecular formula is C18H27NO3S. The van der Waals surface area contributed by atoms with Crippen LogP contribution in [0, 0.1) is 0 Å². The first-order chi connectivity index (χ1) is 10.8. The largest absolute Gasteiger partial charge is 0.462 e. The molecule has 0 aliphatic rings. The Bertz CT molecular complexity index is 514. The maximum Gasteiger partial charge on any atom is 0.328 e. The van der Waals surface area contributed by atoms with Gasteiger partial charge in [0.25, 0.3) is 0 Å². The Balaban J connectivity index is 2.96. The van der Waals surface area contributed by atoms with Crippen LogP contribution >= 0.6 is 11.8 Å². The van der Waals surface area contributed by atoms with Gasteiger partial charge in [-0.3, -0.25) is 10.1 Å². The summed E-state index contributed by atoms with van der Waals surface area (Å²) >= 11 is 1.29. The van der Waals surface area contributed by atoms with Crippen molar-refractivity contribution in [3.05, 3.63) is 35.9 Å². The molecule has 5 heteroatoms. The van der Waals surface area contributed by atoms with E-state index in [1.54, 1.807) is 13.8 Å². The summed E-state index contributed by atoms with van der Waals surface area (Å²) in [6, 6.07) is 8.68. The summed E-state index contributed by atoms with van der Waals surface area (Å²) in [6.07, 6.45) is 0.730. The van der Waals surface area contributed by atoms with Gasteiger partial charge in [-0.25, -0.2) is 4.79 Å². The molecule has 1 aromatic carbocycles. The summed E-state index contributed by atoms with van der Waals surface area (Å²) in [7, 11) is 0. The van der Waals surface area contributed by atoms with Crippen molar-refractivity contribution in [1.82, 2.24) is 5.32 Å². The fourth-order valence-electron chi connectivity index (χ4n) is 2.02. The molecule has 1 aromatic rings. The summed E-state index contributed by atoms with van der Waals surface area (Å²) in [4.78, 5) is 24.8. The average molecular weight is 337 g/mol. The van der Waals surface area contributed by atoms with Crippen LogP contribution in [0.25, 0.3) is 0 Å². The molecule has 0 saturated carbocycles. The summed E-state index contributed by atoms with van der Waals surface area (Å²) in [5, 5.41) is 3.20. The zero-order valence-corrected chi connectivity index (χ0v) is 15.4. The first-order valence-electron chi connectivity index (χ1n) is 7.98. The minimum atomic E-state index is -0.823. The van der Waals surface area contributed by atoms with Crippen molar-refractivity contribution in [2.24, 2.45) is 0 Å². The fraction of sp³-hybridized carbons (Fsp3) is 0.556. The number of benzene rings is 1. The third-order valence-corrected chi connectivity index (χ3v) is 4.56. The van der Waals surface area contributed by atoms with E-state index in [0.29, 0.717) is 0 Å². The molecule has 4 nitrogen and oxygen atoms in total. The Labute approximate surface area is 143 Å². The van der Waals surface area contributed by atoms with Gasteiger partial charge in [-0.2, -0.15) is 0 Å². The number of hydrogen-bond donors (Lipinski definition) is 1. The van der Waals surface area contributed by atoms with Gasteiger partial charge in [-0.05, 0) is 39.7 Å². The highest BCUT2D eigenvalue weighted by atomic mass is 32.2. The summed E-state index contributed by atoms with van der Waals surface area (Å²) in [5.41, 5.74) is -0.0319. The number of ether oxygens (including phenoxy) is 1. The van der Waals surface area contributed by atoms with Gasteiger partial charge < -0.3 is 4.74 Å². The predicted octanol–water partition coefficient (Wildman–Crippen LogP) is 3.72. The van der Waals surface area contributed by atoms with Crippen molar-refractivity contribution in [1.29, 1.82) is 0 Å². The first-order valence-corrected chi connectivity index (χ1v) is 8.96. The van der Waals surface area contributed by atoms with E-state index >= 15 is 0 Å². The van der Waals surface area contributed by atoms with Gasteiger partial charge in [0, 0.05) is 5.75 Å². The van der Waals surface area contributed by atoms with Gasteiger partial charge in [-0.1, -0.05) is 49.0 Å². The molecule has 1 unspecified atom stereocenters. The van der Waals surface area contributed by atoms with Crippen LogP contribution in [-0.2, 0) is 14.3 Å².